The maximum absolute atomic E-state index is 5.97. The lowest BCUT2D eigenvalue weighted by Gasteiger charge is -2.14. The van der Waals surface area contributed by atoms with Gasteiger partial charge in [0.15, 0.2) is 0 Å². The summed E-state index contributed by atoms with van der Waals surface area (Å²) in [6, 6.07) is 20.3. The molecule has 164 valence electrons. The van der Waals surface area contributed by atoms with Crippen molar-refractivity contribution in [3.8, 4) is 34.7 Å². The molecule has 0 saturated carbocycles. The number of nitrogens with zero attached hydrogens (tertiary/aromatic N) is 4. The van der Waals surface area contributed by atoms with Crippen molar-refractivity contribution in [1.82, 2.24) is 20.2 Å². The molecule has 2 heterocycles. The largest absolute Gasteiger partial charge is 0.497 e. The lowest BCUT2D eigenvalue weighted by Crippen LogP contribution is -2.01. The summed E-state index contributed by atoms with van der Waals surface area (Å²) in [6.07, 6.45) is 0. The van der Waals surface area contributed by atoms with Crippen LogP contribution in [0.4, 0.5) is 11.5 Å². The number of hydrogen-bond donors (Lipinski definition) is 1. The van der Waals surface area contributed by atoms with Crippen LogP contribution < -0.4 is 14.8 Å². The molecule has 0 atom stereocenters. The van der Waals surface area contributed by atoms with Crippen molar-refractivity contribution in [1.29, 1.82) is 0 Å². The van der Waals surface area contributed by atoms with E-state index in [0.29, 0.717) is 39.7 Å². The highest BCUT2D eigenvalue weighted by Gasteiger charge is 2.17. The van der Waals surface area contributed by atoms with Gasteiger partial charge in [0.2, 0.25) is 11.7 Å². The Balaban J connectivity index is 1.58. The van der Waals surface area contributed by atoms with E-state index in [1.54, 1.807) is 26.4 Å². The number of anilines is 2. The standard InChI is InChI=1S/C24H18ClN5O3/c1-31-16-11-12-20(32-2)19(13-16)27-21-17-5-3-4-6-18(17)26-22(28-21)24-30-29-23(33-24)14-7-9-15(25)10-8-14/h3-13H,1-2H3,(H,26,27,28). The van der Waals surface area contributed by atoms with Crippen molar-refractivity contribution in [2.75, 3.05) is 19.5 Å². The van der Waals surface area contributed by atoms with E-state index in [4.69, 9.17) is 25.5 Å². The first-order valence-electron chi connectivity index (χ1n) is 10.0. The molecule has 0 bridgehead atoms. The van der Waals surface area contributed by atoms with Gasteiger partial charge < -0.3 is 19.2 Å². The highest BCUT2D eigenvalue weighted by atomic mass is 35.5. The van der Waals surface area contributed by atoms with Gasteiger partial charge in [0.05, 0.1) is 25.4 Å². The molecule has 0 aliphatic heterocycles. The number of hydrogen-bond acceptors (Lipinski definition) is 8. The number of halogens is 1. The third-order valence-electron chi connectivity index (χ3n) is 4.97. The fourth-order valence-electron chi connectivity index (χ4n) is 3.33. The van der Waals surface area contributed by atoms with Gasteiger partial charge in [0.25, 0.3) is 5.89 Å². The molecule has 1 N–H and O–H groups in total. The summed E-state index contributed by atoms with van der Waals surface area (Å²) < 4.78 is 16.7. The number of aromatic nitrogens is 4. The third-order valence-corrected chi connectivity index (χ3v) is 5.22. The van der Waals surface area contributed by atoms with E-state index >= 15 is 0 Å². The van der Waals surface area contributed by atoms with Crippen molar-refractivity contribution in [3.05, 3.63) is 71.8 Å². The smallest absolute Gasteiger partial charge is 0.286 e. The summed E-state index contributed by atoms with van der Waals surface area (Å²) in [6.45, 7) is 0. The predicted molar refractivity (Wildman–Crippen MR) is 126 cm³/mol. The zero-order valence-corrected chi connectivity index (χ0v) is 18.5. The van der Waals surface area contributed by atoms with Gasteiger partial charge in [-0.25, -0.2) is 9.97 Å². The first-order valence-corrected chi connectivity index (χ1v) is 10.4. The third kappa shape index (κ3) is 4.16. The van der Waals surface area contributed by atoms with E-state index in [2.05, 4.69) is 25.5 Å². The number of nitrogens with one attached hydrogen (secondary N) is 1. The molecule has 0 aliphatic rings. The SMILES string of the molecule is COc1ccc(OC)c(Nc2nc(-c3nnc(-c4ccc(Cl)cc4)o3)nc3ccccc23)c1. The van der Waals surface area contributed by atoms with Crippen LogP contribution in [0.5, 0.6) is 11.5 Å². The first kappa shape index (κ1) is 20.7. The Morgan fingerprint density at radius 1 is 0.848 bits per heavy atom. The number of para-hydroxylation sites is 1. The van der Waals surface area contributed by atoms with Crippen LogP contribution in [0, 0.1) is 0 Å². The topological polar surface area (TPSA) is 95.2 Å². The van der Waals surface area contributed by atoms with Crippen LogP contribution in [0.2, 0.25) is 5.02 Å². The molecule has 0 fully saturated rings. The minimum Gasteiger partial charge on any atom is -0.497 e. The molecule has 0 aliphatic carbocycles. The van der Waals surface area contributed by atoms with Gasteiger partial charge in [-0.05, 0) is 48.5 Å². The van der Waals surface area contributed by atoms with E-state index in [1.807, 2.05) is 54.6 Å². The van der Waals surface area contributed by atoms with Crippen molar-refractivity contribution in [2.24, 2.45) is 0 Å². The Labute approximate surface area is 194 Å². The lowest BCUT2D eigenvalue weighted by atomic mass is 10.2. The fourth-order valence-corrected chi connectivity index (χ4v) is 3.46. The number of rotatable bonds is 6. The molecule has 5 aromatic rings. The second kappa shape index (κ2) is 8.76. The summed E-state index contributed by atoms with van der Waals surface area (Å²) in [7, 11) is 3.21. The molecule has 0 unspecified atom stereocenters. The number of methoxy groups -OCH3 is 2. The molecule has 8 nitrogen and oxygen atoms in total. The normalized spacial score (nSPS) is 10.9. The Morgan fingerprint density at radius 2 is 1.64 bits per heavy atom. The molecule has 2 aromatic heterocycles. The molecule has 3 aromatic carbocycles. The predicted octanol–water partition coefficient (Wildman–Crippen LogP) is 5.76. The first-order chi connectivity index (χ1) is 16.1. The molecule has 5 rings (SSSR count). The van der Waals surface area contributed by atoms with Crippen molar-refractivity contribution in [3.63, 3.8) is 0 Å². The van der Waals surface area contributed by atoms with Crippen molar-refractivity contribution < 1.29 is 13.9 Å². The van der Waals surface area contributed by atoms with Crippen LogP contribution in [-0.4, -0.2) is 34.4 Å². The van der Waals surface area contributed by atoms with Crippen LogP contribution in [0.1, 0.15) is 0 Å². The second-order valence-corrected chi connectivity index (χ2v) is 7.46. The number of fused-ring (bicyclic) bond motifs is 1. The van der Waals surface area contributed by atoms with Gasteiger partial charge in [0, 0.05) is 22.0 Å². The zero-order valence-electron chi connectivity index (χ0n) is 17.7. The zero-order chi connectivity index (χ0) is 22.8. The Hall–Kier alpha value is -4.17. The van der Waals surface area contributed by atoms with Crippen molar-refractivity contribution in [2.45, 2.75) is 0 Å². The van der Waals surface area contributed by atoms with Gasteiger partial charge in [-0.2, -0.15) is 0 Å². The van der Waals surface area contributed by atoms with E-state index in [1.165, 1.54) is 0 Å². The van der Waals surface area contributed by atoms with Gasteiger partial charge in [0.1, 0.15) is 17.3 Å². The molecule has 0 saturated heterocycles. The Kier molecular flexibility index (Phi) is 5.50. The summed E-state index contributed by atoms with van der Waals surface area (Å²) in [5, 5.41) is 13.1. The van der Waals surface area contributed by atoms with Crippen LogP contribution in [0.25, 0.3) is 34.1 Å². The lowest BCUT2D eigenvalue weighted by molar-refractivity contribution is 0.405. The fraction of sp³-hybridized carbons (Fsp3) is 0.0833. The van der Waals surface area contributed by atoms with Gasteiger partial charge in [-0.15, -0.1) is 10.2 Å². The molecule has 0 radical (unpaired) electrons. The van der Waals surface area contributed by atoms with E-state index in [-0.39, 0.29) is 5.89 Å². The van der Waals surface area contributed by atoms with Crippen molar-refractivity contribution >= 4 is 34.0 Å². The molecular weight excluding hydrogens is 442 g/mol. The Bertz CT molecular complexity index is 1440. The minimum atomic E-state index is 0.200. The average molecular weight is 460 g/mol. The Morgan fingerprint density at radius 3 is 2.42 bits per heavy atom. The minimum absolute atomic E-state index is 0.200. The second-order valence-electron chi connectivity index (χ2n) is 7.02. The van der Waals surface area contributed by atoms with E-state index in [0.717, 1.165) is 16.5 Å². The quantitative estimate of drug-likeness (QED) is 0.342. The van der Waals surface area contributed by atoms with Gasteiger partial charge >= 0.3 is 0 Å². The van der Waals surface area contributed by atoms with Gasteiger partial charge in [-0.1, -0.05) is 23.7 Å². The maximum Gasteiger partial charge on any atom is 0.286 e. The van der Waals surface area contributed by atoms with Gasteiger partial charge in [-0.3, -0.25) is 0 Å². The average Bonchev–Trinajstić information content (AvgIpc) is 3.35. The molecule has 0 spiro atoms. The molecule has 0 amide bonds. The highest BCUT2D eigenvalue weighted by Crippen LogP contribution is 2.34. The highest BCUT2D eigenvalue weighted by molar-refractivity contribution is 6.30. The monoisotopic (exact) mass is 459 g/mol. The summed E-state index contributed by atoms with van der Waals surface area (Å²) in [4.78, 5) is 9.30. The van der Waals surface area contributed by atoms with Crippen LogP contribution >= 0.6 is 11.6 Å². The summed E-state index contributed by atoms with van der Waals surface area (Å²) >= 11 is 5.97. The molecule has 33 heavy (non-hydrogen) atoms. The molecule has 9 heteroatoms. The summed E-state index contributed by atoms with van der Waals surface area (Å²) in [5.41, 5.74) is 2.16. The van der Waals surface area contributed by atoms with E-state index < -0.39 is 0 Å². The summed E-state index contributed by atoms with van der Waals surface area (Å²) in [5.74, 6) is 2.73. The molecular formula is C24H18ClN5O3. The van der Waals surface area contributed by atoms with E-state index in [9.17, 15) is 0 Å². The number of ether oxygens (including phenoxy) is 2. The number of benzene rings is 3. The van der Waals surface area contributed by atoms with Crippen LogP contribution in [0.15, 0.2) is 71.1 Å². The van der Waals surface area contributed by atoms with Crippen LogP contribution in [-0.2, 0) is 0 Å². The van der Waals surface area contributed by atoms with Crippen LogP contribution in [0.3, 0.4) is 0 Å². The maximum atomic E-state index is 5.97.